The number of amides is 2. The van der Waals surface area contributed by atoms with Gasteiger partial charge in [0, 0.05) is 26.3 Å². The van der Waals surface area contributed by atoms with E-state index >= 15 is 0 Å². The molecule has 2 amide bonds. The summed E-state index contributed by atoms with van der Waals surface area (Å²) in [6, 6.07) is 1.50. The standard InChI is InChI=1S/C12H20N4O2.ClH/c1-3-4-14-5-6-15-12(18)10-7-9(11(13)17)8-16(10)2;/h7-8,14H,3-6H2,1-2H3,(H2,13,17)(H,15,18);1H. The molecule has 0 aliphatic rings. The Balaban J connectivity index is 0.00000324. The molecule has 1 aromatic heterocycles. The van der Waals surface area contributed by atoms with Gasteiger partial charge in [0.05, 0.1) is 5.56 Å². The number of primary amides is 1. The summed E-state index contributed by atoms with van der Waals surface area (Å²) in [6.45, 7) is 4.30. The summed E-state index contributed by atoms with van der Waals surface area (Å²) >= 11 is 0. The van der Waals surface area contributed by atoms with E-state index in [1.165, 1.54) is 6.07 Å². The predicted octanol–water partition coefficient (Wildman–Crippen LogP) is 0.275. The molecule has 0 saturated heterocycles. The Kier molecular flexibility index (Phi) is 7.86. The van der Waals surface area contributed by atoms with Gasteiger partial charge in [-0.05, 0) is 19.0 Å². The molecule has 0 bridgehead atoms. The largest absolute Gasteiger partial charge is 0.366 e. The molecule has 0 aliphatic carbocycles. The summed E-state index contributed by atoms with van der Waals surface area (Å²) in [5, 5.41) is 5.96. The molecule has 7 heteroatoms. The second kappa shape index (κ2) is 8.55. The van der Waals surface area contributed by atoms with Crippen molar-refractivity contribution in [3.8, 4) is 0 Å². The quantitative estimate of drug-likeness (QED) is 0.630. The lowest BCUT2D eigenvalue weighted by Crippen LogP contribution is -2.32. The number of hydrogen-bond donors (Lipinski definition) is 3. The zero-order valence-corrected chi connectivity index (χ0v) is 12.0. The number of rotatable bonds is 7. The number of carbonyl (C=O) groups is 2. The van der Waals surface area contributed by atoms with Crippen LogP contribution in [0.25, 0.3) is 0 Å². The lowest BCUT2D eigenvalue weighted by Gasteiger charge is -2.06. The van der Waals surface area contributed by atoms with E-state index in [1.54, 1.807) is 17.8 Å². The smallest absolute Gasteiger partial charge is 0.267 e. The topological polar surface area (TPSA) is 89.2 Å². The average molecular weight is 289 g/mol. The Morgan fingerprint density at radius 1 is 1.32 bits per heavy atom. The molecule has 19 heavy (non-hydrogen) atoms. The molecule has 4 N–H and O–H groups in total. The Hall–Kier alpha value is -1.53. The molecule has 1 rings (SSSR count). The van der Waals surface area contributed by atoms with Crippen molar-refractivity contribution in [2.24, 2.45) is 12.8 Å². The molecule has 0 unspecified atom stereocenters. The summed E-state index contributed by atoms with van der Waals surface area (Å²) in [4.78, 5) is 22.8. The Bertz CT molecular complexity index is 431. The Labute approximate surface area is 119 Å². The minimum atomic E-state index is -0.533. The van der Waals surface area contributed by atoms with Gasteiger partial charge in [0.25, 0.3) is 5.91 Å². The fourth-order valence-corrected chi connectivity index (χ4v) is 1.58. The number of carbonyl (C=O) groups excluding carboxylic acids is 2. The molecular formula is C12H21ClN4O2. The monoisotopic (exact) mass is 288 g/mol. The average Bonchev–Trinajstić information content (AvgIpc) is 2.71. The number of nitrogens with two attached hydrogens (primary N) is 1. The van der Waals surface area contributed by atoms with Crippen LogP contribution in [-0.4, -0.2) is 36.0 Å². The first-order chi connectivity index (χ1) is 8.56. The fourth-order valence-electron chi connectivity index (χ4n) is 1.58. The van der Waals surface area contributed by atoms with Gasteiger partial charge in [0.1, 0.15) is 5.69 Å². The van der Waals surface area contributed by atoms with Crippen LogP contribution in [0.3, 0.4) is 0 Å². The van der Waals surface area contributed by atoms with E-state index in [2.05, 4.69) is 17.6 Å². The van der Waals surface area contributed by atoms with Crippen molar-refractivity contribution in [1.29, 1.82) is 0 Å². The molecule has 0 spiro atoms. The maximum Gasteiger partial charge on any atom is 0.267 e. The highest BCUT2D eigenvalue weighted by atomic mass is 35.5. The molecular weight excluding hydrogens is 268 g/mol. The summed E-state index contributed by atoms with van der Waals surface area (Å²) in [6.07, 6.45) is 2.61. The highest BCUT2D eigenvalue weighted by Gasteiger charge is 2.13. The van der Waals surface area contributed by atoms with Crippen LogP contribution < -0.4 is 16.4 Å². The van der Waals surface area contributed by atoms with Gasteiger partial charge in [-0.25, -0.2) is 0 Å². The van der Waals surface area contributed by atoms with Crippen LogP contribution in [0.2, 0.25) is 0 Å². The highest BCUT2D eigenvalue weighted by molar-refractivity contribution is 5.98. The van der Waals surface area contributed by atoms with Gasteiger partial charge in [-0.3, -0.25) is 9.59 Å². The summed E-state index contributed by atoms with van der Waals surface area (Å²) in [5.41, 5.74) is 5.93. The van der Waals surface area contributed by atoms with E-state index in [9.17, 15) is 9.59 Å². The van der Waals surface area contributed by atoms with Crippen LogP contribution >= 0.6 is 12.4 Å². The number of hydrogen-bond acceptors (Lipinski definition) is 3. The molecule has 108 valence electrons. The van der Waals surface area contributed by atoms with Gasteiger partial charge in [-0.2, -0.15) is 0 Å². The molecule has 6 nitrogen and oxygen atoms in total. The van der Waals surface area contributed by atoms with Crippen molar-refractivity contribution >= 4 is 24.2 Å². The van der Waals surface area contributed by atoms with Crippen LogP contribution in [0.15, 0.2) is 12.3 Å². The molecule has 0 saturated carbocycles. The second-order valence-corrected chi connectivity index (χ2v) is 4.10. The minimum Gasteiger partial charge on any atom is -0.366 e. The number of aromatic nitrogens is 1. The summed E-state index contributed by atoms with van der Waals surface area (Å²) in [7, 11) is 1.71. The van der Waals surface area contributed by atoms with Crippen LogP contribution in [0.5, 0.6) is 0 Å². The number of halogens is 1. The Morgan fingerprint density at radius 2 is 2.00 bits per heavy atom. The second-order valence-electron chi connectivity index (χ2n) is 4.10. The minimum absolute atomic E-state index is 0. The zero-order valence-electron chi connectivity index (χ0n) is 11.2. The SMILES string of the molecule is CCCNCCNC(=O)c1cc(C(N)=O)cn1C.Cl. The van der Waals surface area contributed by atoms with Crippen molar-refractivity contribution in [1.82, 2.24) is 15.2 Å². The van der Waals surface area contributed by atoms with Gasteiger partial charge in [0.15, 0.2) is 0 Å². The zero-order chi connectivity index (χ0) is 13.5. The number of aryl methyl sites for hydroxylation is 1. The number of nitrogens with zero attached hydrogens (tertiary/aromatic N) is 1. The van der Waals surface area contributed by atoms with Gasteiger partial charge < -0.3 is 20.9 Å². The predicted molar refractivity (Wildman–Crippen MR) is 76.7 cm³/mol. The van der Waals surface area contributed by atoms with Gasteiger partial charge in [-0.15, -0.1) is 12.4 Å². The van der Waals surface area contributed by atoms with E-state index in [1.807, 2.05) is 0 Å². The number of nitrogens with one attached hydrogen (secondary N) is 2. The lowest BCUT2D eigenvalue weighted by molar-refractivity contribution is 0.0945. The first-order valence-corrected chi connectivity index (χ1v) is 6.01. The van der Waals surface area contributed by atoms with Gasteiger partial charge in [-0.1, -0.05) is 6.92 Å². The van der Waals surface area contributed by atoms with Crippen LogP contribution in [0.4, 0.5) is 0 Å². The van der Waals surface area contributed by atoms with Crippen molar-refractivity contribution in [3.05, 3.63) is 23.5 Å². The maximum atomic E-state index is 11.8. The van der Waals surface area contributed by atoms with Crippen LogP contribution in [0.1, 0.15) is 34.2 Å². The third kappa shape index (κ3) is 5.32. The third-order valence-electron chi connectivity index (χ3n) is 2.54. The normalized spacial score (nSPS) is 9.79. The Morgan fingerprint density at radius 3 is 2.53 bits per heavy atom. The van der Waals surface area contributed by atoms with E-state index in [4.69, 9.17) is 5.73 Å². The van der Waals surface area contributed by atoms with Crippen LogP contribution in [0, 0.1) is 0 Å². The molecule has 0 aromatic carbocycles. The first kappa shape index (κ1) is 17.5. The van der Waals surface area contributed by atoms with Gasteiger partial charge in [0.2, 0.25) is 5.91 Å². The van der Waals surface area contributed by atoms with E-state index < -0.39 is 5.91 Å². The van der Waals surface area contributed by atoms with E-state index in [0.717, 1.165) is 19.5 Å². The molecule has 0 atom stereocenters. The molecule has 0 radical (unpaired) electrons. The third-order valence-corrected chi connectivity index (χ3v) is 2.54. The van der Waals surface area contributed by atoms with Crippen molar-refractivity contribution in [2.45, 2.75) is 13.3 Å². The van der Waals surface area contributed by atoms with Gasteiger partial charge >= 0.3 is 0 Å². The van der Waals surface area contributed by atoms with Crippen molar-refractivity contribution in [3.63, 3.8) is 0 Å². The van der Waals surface area contributed by atoms with Crippen molar-refractivity contribution in [2.75, 3.05) is 19.6 Å². The first-order valence-electron chi connectivity index (χ1n) is 6.01. The maximum absolute atomic E-state index is 11.8. The van der Waals surface area contributed by atoms with Crippen LogP contribution in [-0.2, 0) is 7.05 Å². The van der Waals surface area contributed by atoms with E-state index in [-0.39, 0.29) is 18.3 Å². The fraction of sp³-hybridized carbons (Fsp3) is 0.500. The molecule has 1 heterocycles. The highest BCUT2D eigenvalue weighted by Crippen LogP contribution is 2.06. The molecule has 1 aromatic rings. The van der Waals surface area contributed by atoms with E-state index in [0.29, 0.717) is 17.8 Å². The van der Waals surface area contributed by atoms with Crippen molar-refractivity contribution < 1.29 is 9.59 Å². The summed E-state index contributed by atoms with van der Waals surface area (Å²) < 4.78 is 1.59. The summed E-state index contributed by atoms with van der Waals surface area (Å²) in [5.74, 6) is -0.738. The lowest BCUT2D eigenvalue weighted by atomic mass is 10.3. The molecule has 0 aliphatic heterocycles. The molecule has 0 fully saturated rings.